The Morgan fingerprint density at radius 2 is 1.57 bits per heavy atom. The van der Waals surface area contributed by atoms with Gasteiger partial charge in [-0.05, 0) is 6.92 Å². The maximum absolute atomic E-state index is 11.5. The highest BCUT2D eigenvalue weighted by molar-refractivity contribution is 5.94. The number of carbonyl (C=O) groups is 2. The largest absolute Gasteiger partial charge is 0.382 e. The molecule has 1 atom stereocenters. The van der Waals surface area contributed by atoms with Crippen LogP contribution in [0.3, 0.4) is 0 Å². The first-order valence-corrected chi connectivity index (χ1v) is 4.98. The van der Waals surface area contributed by atoms with E-state index in [0.717, 1.165) is 0 Å². The van der Waals surface area contributed by atoms with Gasteiger partial charge in [-0.3, -0.25) is 9.59 Å². The molecule has 0 saturated heterocycles. The van der Waals surface area contributed by atoms with Crippen molar-refractivity contribution in [2.24, 2.45) is 11.8 Å². The third-order valence-electron chi connectivity index (χ3n) is 2.22. The van der Waals surface area contributed by atoms with Gasteiger partial charge in [-0.1, -0.05) is 27.7 Å². The summed E-state index contributed by atoms with van der Waals surface area (Å²) in [6, 6.07) is 0. The van der Waals surface area contributed by atoms with Gasteiger partial charge in [0.15, 0.2) is 5.78 Å². The number of carbonyl (C=O) groups excluding carboxylic acids is 2. The Kier molecular flexibility index (Phi) is 4.46. The fraction of sp³-hybridized carbons (Fsp3) is 0.818. The molecule has 0 aromatic rings. The summed E-state index contributed by atoms with van der Waals surface area (Å²) in [5.74, 6) is -0.734. The first kappa shape index (κ1) is 13.3. The molecular formula is C11H20O3. The molecule has 0 saturated carbocycles. The van der Waals surface area contributed by atoms with E-state index in [1.807, 2.05) is 0 Å². The average Bonchev–Trinajstić information content (AvgIpc) is 2.01. The van der Waals surface area contributed by atoms with Crippen LogP contribution < -0.4 is 0 Å². The molecule has 82 valence electrons. The van der Waals surface area contributed by atoms with E-state index in [-0.39, 0.29) is 29.8 Å². The van der Waals surface area contributed by atoms with Crippen LogP contribution in [0.25, 0.3) is 0 Å². The van der Waals surface area contributed by atoms with Crippen molar-refractivity contribution in [3.8, 4) is 0 Å². The van der Waals surface area contributed by atoms with Gasteiger partial charge < -0.3 is 5.11 Å². The van der Waals surface area contributed by atoms with Crippen molar-refractivity contribution in [1.82, 2.24) is 0 Å². The van der Waals surface area contributed by atoms with Crippen molar-refractivity contribution >= 4 is 11.6 Å². The molecule has 0 aliphatic rings. The van der Waals surface area contributed by atoms with E-state index in [1.54, 1.807) is 27.7 Å². The topological polar surface area (TPSA) is 54.4 Å². The van der Waals surface area contributed by atoms with Gasteiger partial charge in [0.2, 0.25) is 0 Å². The van der Waals surface area contributed by atoms with Crippen molar-refractivity contribution in [1.29, 1.82) is 0 Å². The molecule has 1 N–H and O–H groups in total. The van der Waals surface area contributed by atoms with Crippen LogP contribution in [0.2, 0.25) is 0 Å². The second kappa shape index (κ2) is 4.69. The van der Waals surface area contributed by atoms with Crippen molar-refractivity contribution in [2.75, 3.05) is 0 Å². The zero-order chi connectivity index (χ0) is 11.5. The van der Waals surface area contributed by atoms with Crippen molar-refractivity contribution in [3.63, 3.8) is 0 Å². The molecule has 0 aliphatic heterocycles. The molecule has 0 bridgehead atoms. The average molecular weight is 200 g/mol. The van der Waals surface area contributed by atoms with E-state index in [4.69, 9.17) is 0 Å². The van der Waals surface area contributed by atoms with Crippen LogP contribution in [-0.2, 0) is 9.59 Å². The van der Waals surface area contributed by atoms with E-state index in [0.29, 0.717) is 0 Å². The number of hydrogen-bond donors (Lipinski definition) is 1. The first-order chi connectivity index (χ1) is 6.18. The fourth-order valence-corrected chi connectivity index (χ4v) is 1.25. The molecule has 3 heteroatoms. The summed E-state index contributed by atoms with van der Waals surface area (Å²) in [5, 5.41) is 9.80. The quantitative estimate of drug-likeness (QED) is 0.733. The number of ketones is 2. The van der Waals surface area contributed by atoms with Crippen LogP contribution in [0.5, 0.6) is 0 Å². The standard InChI is InChI=1S/C11H20O3/c1-7(2)9(12)6-11(5,14)10(13)8(3)4/h7-8,14H,6H2,1-5H3/t11-/m1/s1. The molecule has 0 fully saturated rings. The van der Waals surface area contributed by atoms with Gasteiger partial charge >= 0.3 is 0 Å². The molecule has 0 amide bonds. The van der Waals surface area contributed by atoms with E-state index in [2.05, 4.69) is 0 Å². The summed E-state index contributed by atoms with van der Waals surface area (Å²) in [6.45, 7) is 8.37. The predicted octanol–water partition coefficient (Wildman–Crippen LogP) is 1.58. The summed E-state index contributed by atoms with van der Waals surface area (Å²) < 4.78 is 0. The van der Waals surface area contributed by atoms with E-state index < -0.39 is 5.60 Å². The number of rotatable bonds is 5. The second-order valence-corrected chi connectivity index (χ2v) is 4.59. The van der Waals surface area contributed by atoms with Gasteiger partial charge in [-0.2, -0.15) is 0 Å². The Bertz CT molecular complexity index is 227. The highest BCUT2D eigenvalue weighted by Gasteiger charge is 2.34. The minimum Gasteiger partial charge on any atom is -0.382 e. The Morgan fingerprint density at radius 3 is 1.86 bits per heavy atom. The minimum absolute atomic E-state index is 0.0796. The second-order valence-electron chi connectivity index (χ2n) is 4.59. The predicted molar refractivity (Wildman–Crippen MR) is 54.9 cm³/mol. The van der Waals surface area contributed by atoms with Gasteiger partial charge in [0.25, 0.3) is 0 Å². The monoisotopic (exact) mass is 200 g/mol. The Hall–Kier alpha value is -0.700. The molecule has 0 rings (SSSR count). The van der Waals surface area contributed by atoms with Crippen molar-refractivity contribution in [3.05, 3.63) is 0 Å². The van der Waals surface area contributed by atoms with Crippen LogP contribution in [0.4, 0.5) is 0 Å². The lowest BCUT2D eigenvalue weighted by Gasteiger charge is -2.23. The van der Waals surface area contributed by atoms with Gasteiger partial charge in [0, 0.05) is 18.3 Å². The molecule has 0 radical (unpaired) electrons. The number of hydrogen-bond acceptors (Lipinski definition) is 3. The molecular weight excluding hydrogens is 180 g/mol. The highest BCUT2D eigenvalue weighted by atomic mass is 16.3. The molecule has 0 spiro atoms. The Morgan fingerprint density at radius 1 is 1.14 bits per heavy atom. The Balaban J connectivity index is 4.49. The van der Waals surface area contributed by atoms with Gasteiger partial charge in [-0.25, -0.2) is 0 Å². The minimum atomic E-state index is -1.50. The summed E-state index contributed by atoms with van der Waals surface area (Å²) in [5.41, 5.74) is -1.50. The lowest BCUT2D eigenvalue weighted by molar-refractivity contribution is -0.144. The van der Waals surface area contributed by atoms with Crippen molar-refractivity contribution in [2.45, 2.75) is 46.6 Å². The molecule has 0 aromatic heterocycles. The lowest BCUT2D eigenvalue weighted by atomic mass is 9.86. The number of aliphatic hydroxyl groups is 1. The maximum atomic E-state index is 11.5. The molecule has 0 aromatic carbocycles. The van der Waals surface area contributed by atoms with Crippen LogP contribution in [-0.4, -0.2) is 22.3 Å². The van der Waals surface area contributed by atoms with Crippen molar-refractivity contribution < 1.29 is 14.7 Å². The molecule has 0 heterocycles. The Labute approximate surface area is 85.5 Å². The van der Waals surface area contributed by atoms with Crippen LogP contribution in [0.1, 0.15) is 41.0 Å². The van der Waals surface area contributed by atoms with Crippen LogP contribution in [0, 0.1) is 11.8 Å². The zero-order valence-corrected chi connectivity index (χ0v) is 9.63. The summed E-state index contributed by atoms with van der Waals surface area (Å²) in [7, 11) is 0. The van der Waals surface area contributed by atoms with E-state index in [9.17, 15) is 14.7 Å². The molecule has 14 heavy (non-hydrogen) atoms. The maximum Gasteiger partial charge on any atom is 0.167 e. The van der Waals surface area contributed by atoms with Gasteiger partial charge in [0.1, 0.15) is 11.4 Å². The molecule has 0 aliphatic carbocycles. The summed E-state index contributed by atoms with van der Waals surface area (Å²) >= 11 is 0. The zero-order valence-electron chi connectivity index (χ0n) is 9.63. The number of Topliss-reactive ketones (excluding diaryl/α,β-unsaturated/α-hetero) is 2. The lowest BCUT2D eigenvalue weighted by Crippen LogP contribution is -2.41. The van der Waals surface area contributed by atoms with Crippen LogP contribution >= 0.6 is 0 Å². The third kappa shape index (κ3) is 3.58. The smallest absolute Gasteiger partial charge is 0.167 e. The molecule has 0 unspecified atom stereocenters. The third-order valence-corrected chi connectivity index (χ3v) is 2.22. The normalized spacial score (nSPS) is 15.7. The summed E-state index contributed by atoms with van der Waals surface area (Å²) in [6.07, 6.45) is -0.0817. The first-order valence-electron chi connectivity index (χ1n) is 4.98. The highest BCUT2D eigenvalue weighted by Crippen LogP contribution is 2.18. The molecule has 3 nitrogen and oxygen atoms in total. The van der Waals surface area contributed by atoms with E-state index in [1.165, 1.54) is 6.92 Å². The van der Waals surface area contributed by atoms with E-state index >= 15 is 0 Å². The van der Waals surface area contributed by atoms with Gasteiger partial charge in [0.05, 0.1) is 0 Å². The fourth-order valence-electron chi connectivity index (χ4n) is 1.25. The summed E-state index contributed by atoms with van der Waals surface area (Å²) in [4.78, 5) is 22.9. The SMILES string of the molecule is CC(C)C(=O)C[C@@](C)(O)C(=O)C(C)C. The van der Waals surface area contributed by atoms with Crippen LogP contribution in [0.15, 0.2) is 0 Å². The van der Waals surface area contributed by atoms with Gasteiger partial charge in [-0.15, -0.1) is 0 Å².